The Hall–Kier alpha value is -1.38. The van der Waals surface area contributed by atoms with E-state index in [4.69, 9.17) is 9.47 Å². The van der Waals surface area contributed by atoms with Crippen molar-refractivity contribution in [2.45, 2.75) is 17.9 Å². The summed E-state index contributed by atoms with van der Waals surface area (Å²) >= 11 is 0. The van der Waals surface area contributed by atoms with Gasteiger partial charge in [0.1, 0.15) is 10.7 Å². The molecule has 1 aromatic carbocycles. The number of hydrogen-bond donors (Lipinski definition) is 1. The van der Waals surface area contributed by atoms with E-state index in [0.29, 0.717) is 19.6 Å². The van der Waals surface area contributed by atoms with Crippen molar-refractivity contribution in [2.75, 3.05) is 33.9 Å². The Bertz CT molecular complexity index is 621. The fourth-order valence-corrected chi connectivity index (χ4v) is 3.88. The minimum atomic E-state index is -3.90. The Morgan fingerprint density at radius 1 is 1.29 bits per heavy atom. The van der Waals surface area contributed by atoms with E-state index in [-0.39, 0.29) is 17.5 Å². The van der Waals surface area contributed by atoms with Crippen LogP contribution in [0.3, 0.4) is 0 Å². The molecular formula is C13H19FN2O4S. The molecule has 118 valence electrons. The number of methoxy groups -OCH3 is 2. The molecule has 0 aliphatic carbocycles. The van der Waals surface area contributed by atoms with Gasteiger partial charge >= 0.3 is 0 Å². The Labute approximate surface area is 123 Å². The van der Waals surface area contributed by atoms with Gasteiger partial charge in [-0.1, -0.05) is 0 Å². The van der Waals surface area contributed by atoms with E-state index in [0.717, 1.165) is 12.1 Å². The van der Waals surface area contributed by atoms with Crippen LogP contribution < -0.4 is 14.8 Å². The van der Waals surface area contributed by atoms with Crippen LogP contribution in [-0.4, -0.2) is 52.6 Å². The molecule has 0 bridgehead atoms. The maximum Gasteiger partial charge on any atom is 0.246 e. The van der Waals surface area contributed by atoms with E-state index in [1.165, 1.54) is 18.5 Å². The van der Waals surface area contributed by atoms with Crippen molar-refractivity contribution in [2.24, 2.45) is 0 Å². The van der Waals surface area contributed by atoms with Gasteiger partial charge in [-0.25, -0.2) is 12.8 Å². The van der Waals surface area contributed by atoms with E-state index in [9.17, 15) is 12.8 Å². The van der Waals surface area contributed by atoms with E-state index in [1.807, 2.05) is 6.92 Å². The quantitative estimate of drug-likeness (QED) is 0.890. The largest absolute Gasteiger partial charge is 0.493 e. The van der Waals surface area contributed by atoms with Crippen molar-refractivity contribution in [1.82, 2.24) is 9.62 Å². The zero-order chi connectivity index (χ0) is 15.6. The minimum Gasteiger partial charge on any atom is -0.493 e. The van der Waals surface area contributed by atoms with Gasteiger partial charge in [-0.15, -0.1) is 0 Å². The topological polar surface area (TPSA) is 67.9 Å². The molecule has 21 heavy (non-hydrogen) atoms. The maximum absolute atomic E-state index is 14.1. The van der Waals surface area contributed by atoms with Crippen molar-refractivity contribution in [3.8, 4) is 11.5 Å². The van der Waals surface area contributed by atoms with E-state index >= 15 is 0 Å². The molecule has 1 saturated heterocycles. The SMILES string of the molecule is COc1cc(F)c(S(=O)(=O)N2CCNC(C)C2)cc1OC. The van der Waals surface area contributed by atoms with Crippen LogP contribution in [0.2, 0.25) is 0 Å². The van der Waals surface area contributed by atoms with Crippen LogP contribution in [0.15, 0.2) is 17.0 Å². The summed E-state index contributed by atoms with van der Waals surface area (Å²) in [5.74, 6) is -0.512. The lowest BCUT2D eigenvalue weighted by molar-refractivity contribution is 0.308. The van der Waals surface area contributed by atoms with Crippen LogP contribution >= 0.6 is 0 Å². The van der Waals surface area contributed by atoms with Gasteiger partial charge in [-0.2, -0.15) is 4.31 Å². The molecule has 0 aromatic heterocycles. The summed E-state index contributed by atoms with van der Waals surface area (Å²) in [5.41, 5.74) is 0. The highest BCUT2D eigenvalue weighted by molar-refractivity contribution is 7.89. The van der Waals surface area contributed by atoms with Crippen LogP contribution in [0, 0.1) is 5.82 Å². The van der Waals surface area contributed by atoms with Crippen LogP contribution in [0.1, 0.15) is 6.92 Å². The molecule has 0 spiro atoms. The zero-order valence-corrected chi connectivity index (χ0v) is 13.0. The van der Waals surface area contributed by atoms with Crippen molar-refractivity contribution in [3.05, 3.63) is 17.9 Å². The Morgan fingerprint density at radius 2 is 1.90 bits per heavy atom. The monoisotopic (exact) mass is 318 g/mol. The number of hydrogen-bond acceptors (Lipinski definition) is 5. The highest BCUT2D eigenvalue weighted by Gasteiger charge is 2.31. The molecule has 6 nitrogen and oxygen atoms in total. The summed E-state index contributed by atoms with van der Waals surface area (Å²) in [5, 5.41) is 3.15. The van der Waals surface area contributed by atoms with Crippen LogP contribution in [0.5, 0.6) is 11.5 Å². The summed E-state index contributed by atoms with van der Waals surface area (Å²) in [6.45, 7) is 3.03. The third-order valence-corrected chi connectivity index (χ3v) is 5.27. The molecular weight excluding hydrogens is 299 g/mol. The Kier molecular flexibility index (Phi) is 4.70. The molecule has 1 fully saturated rings. The molecule has 1 heterocycles. The Balaban J connectivity index is 2.44. The van der Waals surface area contributed by atoms with Gasteiger partial charge in [0.05, 0.1) is 14.2 Å². The average molecular weight is 318 g/mol. The lowest BCUT2D eigenvalue weighted by Gasteiger charge is -2.31. The van der Waals surface area contributed by atoms with Gasteiger partial charge in [-0.05, 0) is 6.92 Å². The molecule has 0 radical (unpaired) electrons. The normalized spacial score (nSPS) is 20.3. The number of piperazine rings is 1. The summed E-state index contributed by atoms with van der Waals surface area (Å²) in [7, 11) is -1.16. The first-order valence-corrected chi connectivity index (χ1v) is 7.99. The van der Waals surface area contributed by atoms with Gasteiger partial charge in [0.15, 0.2) is 11.5 Å². The number of rotatable bonds is 4. The number of nitrogens with one attached hydrogen (secondary N) is 1. The fourth-order valence-electron chi connectivity index (χ4n) is 2.29. The number of ether oxygens (including phenoxy) is 2. The van der Waals surface area contributed by atoms with Crippen molar-refractivity contribution >= 4 is 10.0 Å². The first-order chi connectivity index (χ1) is 9.90. The van der Waals surface area contributed by atoms with E-state index in [1.54, 1.807) is 0 Å². The number of sulfonamides is 1. The minimum absolute atomic E-state index is 0.0248. The molecule has 8 heteroatoms. The van der Waals surface area contributed by atoms with Gasteiger partial charge in [0.2, 0.25) is 10.0 Å². The molecule has 0 amide bonds. The van der Waals surface area contributed by atoms with Gasteiger partial charge in [-0.3, -0.25) is 0 Å². The first kappa shape index (κ1) is 16.0. The number of halogens is 1. The highest BCUT2D eigenvalue weighted by atomic mass is 32.2. The predicted molar refractivity (Wildman–Crippen MR) is 75.7 cm³/mol. The second kappa shape index (κ2) is 6.17. The summed E-state index contributed by atoms with van der Waals surface area (Å²) in [6.07, 6.45) is 0. The molecule has 0 saturated carbocycles. The van der Waals surface area contributed by atoms with Crippen molar-refractivity contribution in [1.29, 1.82) is 0 Å². The molecule has 1 aromatic rings. The third kappa shape index (κ3) is 3.12. The van der Waals surface area contributed by atoms with Gasteiger partial charge < -0.3 is 14.8 Å². The van der Waals surface area contributed by atoms with Crippen molar-refractivity contribution < 1.29 is 22.3 Å². The maximum atomic E-state index is 14.1. The standard InChI is InChI=1S/C13H19FN2O4S/c1-9-8-16(5-4-15-9)21(17,18)13-7-12(20-3)11(19-2)6-10(13)14/h6-7,9,15H,4-5,8H2,1-3H3. The molecule has 1 aliphatic heterocycles. The van der Waals surface area contributed by atoms with Gasteiger partial charge in [0.25, 0.3) is 0 Å². The highest BCUT2D eigenvalue weighted by Crippen LogP contribution is 2.33. The fraction of sp³-hybridized carbons (Fsp3) is 0.538. The number of benzene rings is 1. The predicted octanol–water partition coefficient (Wildman–Crippen LogP) is 0.825. The second-order valence-electron chi connectivity index (χ2n) is 4.86. The van der Waals surface area contributed by atoms with Gasteiger partial charge in [0, 0.05) is 37.8 Å². The third-order valence-electron chi connectivity index (χ3n) is 3.39. The van der Waals surface area contributed by atoms with Crippen molar-refractivity contribution in [3.63, 3.8) is 0 Å². The Morgan fingerprint density at radius 3 is 2.48 bits per heavy atom. The molecule has 1 aliphatic rings. The number of nitrogens with zero attached hydrogens (tertiary/aromatic N) is 1. The molecule has 1 N–H and O–H groups in total. The molecule has 1 atom stereocenters. The van der Waals surface area contributed by atoms with E-state index in [2.05, 4.69) is 5.32 Å². The summed E-state index contributed by atoms with van der Waals surface area (Å²) < 4.78 is 50.6. The molecule has 1 unspecified atom stereocenters. The van der Waals surface area contributed by atoms with Crippen LogP contribution in [0.25, 0.3) is 0 Å². The van der Waals surface area contributed by atoms with Crippen LogP contribution in [-0.2, 0) is 10.0 Å². The smallest absolute Gasteiger partial charge is 0.246 e. The molecule has 2 rings (SSSR count). The lowest BCUT2D eigenvalue weighted by Crippen LogP contribution is -2.51. The summed E-state index contributed by atoms with van der Waals surface area (Å²) in [4.78, 5) is -0.394. The van der Waals surface area contributed by atoms with Crippen LogP contribution in [0.4, 0.5) is 4.39 Å². The first-order valence-electron chi connectivity index (χ1n) is 6.55. The summed E-state index contributed by atoms with van der Waals surface area (Å²) in [6, 6.07) is 2.21. The van der Waals surface area contributed by atoms with E-state index < -0.39 is 20.7 Å². The average Bonchev–Trinajstić information content (AvgIpc) is 2.46. The second-order valence-corrected chi connectivity index (χ2v) is 6.76. The zero-order valence-electron chi connectivity index (χ0n) is 12.2. The lowest BCUT2D eigenvalue weighted by atomic mass is 10.3.